The summed E-state index contributed by atoms with van der Waals surface area (Å²) in [6, 6.07) is 10.7. The fourth-order valence-corrected chi connectivity index (χ4v) is 2.93. The summed E-state index contributed by atoms with van der Waals surface area (Å²) in [6.45, 7) is 0. The number of carbonyl (C=O) groups excluding carboxylic acids is 1. The summed E-state index contributed by atoms with van der Waals surface area (Å²) in [5.41, 5.74) is 0.976. The van der Waals surface area contributed by atoms with Crippen LogP contribution in [0.4, 0.5) is 0 Å². The monoisotopic (exact) mass is 450 g/mol. The van der Waals surface area contributed by atoms with Crippen molar-refractivity contribution in [1.82, 2.24) is 0 Å². The van der Waals surface area contributed by atoms with Gasteiger partial charge in [-0.25, -0.2) is 0 Å². The molecule has 0 saturated heterocycles. The van der Waals surface area contributed by atoms with Gasteiger partial charge >= 0.3 is 0 Å². The number of rotatable bonds is 3. The van der Waals surface area contributed by atoms with E-state index in [1.165, 1.54) is 0 Å². The van der Waals surface area contributed by atoms with Crippen molar-refractivity contribution in [2.24, 2.45) is 0 Å². The van der Waals surface area contributed by atoms with Gasteiger partial charge in [0.05, 0.1) is 17.7 Å². The van der Waals surface area contributed by atoms with Crippen molar-refractivity contribution in [3.05, 3.63) is 60.6 Å². The van der Waals surface area contributed by atoms with Crippen LogP contribution in [0.3, 0.4) is 0 Å². The summed E-state index contributed by atoms with van der Waals surface area (Å²) >= 11 is 11.6. The lowest BCUT2D eigenvalue weighted by atomic mass is 10.0. The summed E-state index contributed by atoms with van der Waals surface area (Å²) in [7, 11) is 1.54. The van der Waals surface area contributed by atoms with Crippen LogP contribution in [0, 0.1) is 3.57 Å². The molecule has 2 aromatic rings. The lowest BCUT2D eigenvalue weighted by molar-refractivity contribution is 0.103. The normalized spacial score (nSPS) is 10.3. The van der Waals surface area contributed by atoms with Gasteiger partial charge in [-0.2, -0.15) is 0 Å². The van der Waals surface area contributed by atoms with Crippen LogP contribution in [0.25, 0.3) is 0 Å². The Balaban J connectivity index is 2.52. The van der Waals surface area contributed by atoms with E-state index >= 15 is 0 Å². The molecule has 0 unspecified atom stereocenters. The molecule has 0 aliphatic carbocycles. The van der Waals surface area contributed by atoms with E-state index in [1.54, 1.807) is 37.4 Å². The number of hydrogen-bond acceptors (Lipinski definition) is 2. The Labute approximate surface area is 138 Å². The third-order valence-corrected chi connectivity index (χ3v) is 4.06. The first-order valence-corrected chi connectivity index (χ1v) is 7.61. The third-order valence-electron chi connectivity index (χ3n) is 2.58. The molecule has 0 bridgehead atoms. The van der Waals surface area contributed by atoms with Gasteiger partial charge in [-0.3, -0.25) is 4.79 Å². The molecule has 98 valence electrons. The standard InChI is InChI=1S/C14H9BrClIO2/c1-19-13-5-3-9(17)7-11(13)14(18)10-4-2-8(15)6-12(10)16/h2-7H,1H3. The number of hydrogen-bond donors (Lipinski definition) is 0. The van der Waals surface area contributed by atoms with Gasteiger partial charge < -0.3 is 4.74 Å². The second kappa shape index (κ2) is 6.24. The molecule has 0 saturated carbocycles. The second-order valence-corrected chi connectivity index (χ2v) is 6.37. The third kappa shape index (κ3) is 3.30. The first-order valence-electron chi connectivity index (χ1n) is 5.36. The smallest absolute Gasteiger partial charge is 0.198 e. The van der Waals surface area contributed by atoms with E-state index in [0.29, 0.717) is 21.9 Å². The summed E-state index contributed by atoms with van der Waals surface area (Å²) in [6.07, 6.45) is 0. The van der Waals surface area contributed by atoms with E-state index in [-0.39, 0.29) is 5.78 Å². The van der Waals surface area contributed by atoms with E-state index in [4.69, 9.17) is 16.3 Å². The lowest BCUT2D eigenvalue weighted by Crippen LogP contribution is -2.05. The van der Waals surface area contributed by atoms with Crippen LogP contribution in [0.2, 0.25) is 5.02 Å². The van der Waals surface area contributed by atoms with E-state index in [1.807, 2.05) is 6.07 Å². The van der Waals surface area contributed by atoms with Crippen molar-refractivity contribution in [1.29, 1.82) is 0 Å². The van der Waals surface area contributed by atoms with Crippen LogP contribution in [0.5, 0.6) is 5.75 Å². The van der Waals surface area contributed by atoms with Crippen LogP contribution in [-0.4, -0.2) is 12.9 Å². The molecule has 0 atom stereocenters. The zero-order valence-electron chi connectivity index (χ0n) is 9.91. The van der Waals surface area contributed by atoms with Crippen molar-refractivity contribution < 1.29 is 9.53 Å². The lowest BCUT2D eigenvalue weighted by Gasteiger charge is -2.09. The molecule has 0 aliphatic heterocycles. The Hall–Kier alpha value is -0.590. The predicted molar refractivity (Wildman–Crippen MR) is 88.3 cm³/mol. The Bertz CT molecular complexity index is 643. The minimum absolute atomic E-state index is 0.145. The van der Waals surface area contributed by atoms with Crippen molar-refractivity contribution in [3.8, 4) is 5.75 Å². The molecule has 0 aliphatic rings. The highest BCUT2D eigenvalue weighted by atomic mass is 127. The summed E-state index contributed by atoms with van der Waals surface area (Å²) in [5, 5.41) is 0.417. The van der Waals surface area contributed by atoms with Crippen LogP contribution in [0.1, 0.15) is 15.9 Å². The fourth-order valence-electron chi connectivity index (χ4n) is 1.68. The zero-order valence-corrected chi connectivity index (χ0v) is 14.4. The molecule has 0 radical (unpaired) electrons. The Kier molecular flexibility index (Phi) is 4.86. The van der Waals surface area contributed by atoms with Crippen LogP contribution >= 0.6 is 50.1 Å². The van der Waals surface area contributed by atoms with Crippen LogP contribution in [0.15, 0.2) is 40.9 Å². The molecule has 19 heavy (non-hydrogen) atoms. The molecular formula is C14H9BrClIO2. The maximum atomic E-state index is 12.5. The van der Waals surface area contributed by atoms with Crippen LogP contribution in [-0.2, 0) is 0 Å². The topological polar surface area (TPSA) is 26.3 Å². The number of ether oxygens (including phenoxy) is 1. The Morgan fingerprint density at radius 2 is 1.95 bits per heavy atom. The summed E-state index contributed by atoms with van der Waals surface area (Å²) in [5.74, 6) is 0.400. The van der Waals surface area contributed by atoms with Gasteiger partial charge in [0, 0.05) is 13.6 Å². The van der Waals surface area contributed by atoms with E-state index in [9.17, 15) is 4.79 Å². The maximum Gasteiger partial charge on any atom is 0.198 e. The summed E-state index contributed by atoms with van der Waals surface area (Å²) < 4.78 is 7.03. The number of benzene rings is 2. The fraction of sp³-hybridized carbons (Fsp3) is 0.0714. The largest absolute Gasteiger partial charge is 0.496 e. The van der Waals surface area contributed by atoms with E-state index < -0.39 is 0 Å². The average Bonchev–Trinajstić information content (AvgIpc) is 2.38. The highest BCUT2D eigenvalue weighted by Gasteiger charge is 2.17. The van der Waals surface area contributed by atoms with Crippen molar-refractivity contribution >= 4 is 55.9 Å². The molecule has 0 fully saturated rings. The molecule has 0 amide bonds. The molecule has 2 aromatic carbocycles. The number of methoxy groups -OCH3 is 1. The molecule has 0 spiro atoms. The second-order valence-electron chi connectivity index (χ2n) is 3.80. The Morgan fingerprint density at radius 1 is 1.21 bits per heavy atom. The number of ketones is 1. The predicted octanol–water partition coefficient (Wildman–Crippen LogP) is 4.95. The molecule has 2 nitrogen and oxygen atoms in total. The minimum atomic E-state index is -0.145. The van der Waals surface area contributed by atoms with Gasteiger partial charge in [0.2, 0.25) is 0 Å². The van der Waals surface area contributed by atoms with E-state index in [0.717, 1.165) is 8.04 Å². The molecule has 0 aromatic heterocycles. The molecule has 0 heterocycles. The van der Waals surface area contributed by atoms with Crippen molar-refractivity contribution in [3.63, 3.8) is 0 Å². The van der Waals surface area contributed by atoms with Gasteiger partial charge in [-0.05, 0) is 59.0 Å². The molecule has 0 N–H and O–H groups in total. The van der Waals surface area contributed by atoms with Gasteiger partial charge in [0.15, 0.2) is 5.78 Å². The van der Waals surface area contributed by atoms with Gasteiger partial charge in [-0.1, -0.05) is 27.5 Å². The quantitative estimate of drug-likeness (QED) is 0.488. The number of halogens is 3. The zero-order chi connectivity index (χ0) is 14.0. The Morgan fingerprint density at radius 3 is 2.58 bits per heavy atom. The van der Waals surface area contributed by atoms with Gasteiger partial charge in [-0.15, -0.1) is 0 Å². The van der Waals surface area contributed by atoms with Gasteiger partial charge in [0.1, 0.15) is 5.75 Å². The van der Waals surface area contributed by atoms with Crippen molar-refractivity contribution in [2.45, 2.75) is 0 Å². The van der Waals surface area contributed by atoms with E-state index in [2.05, 4.69) is 38.5 Å². The molecule has 5 heteroatoms. The average molecular weight is 451 g/mol. The van der Waals surface area contributed by atoms with Crippen molar-refractivity contribution in [2.75, 3.05) is 7.11 Å². The highest BCUT2D eigenvalue weighted by Crippen LogP contribution is 2.28. The summed E-state index contributed by atoms with van der Waals surface area (Å²) in [4.78, 5) is 12.5. The SMILES string of the molecule is COc1ccc(I)cc1C(=O)c1ccc(Br)cc1Cl. The highest BCUT2D eigenvalue weighted by molar-refractivity contribution is 14.1. The first kappa shape index (κ1) is 14.8. The van der Waals surface area contributed by atoms with Gasteiger partial charge in [0.25, 0.3) is 0 Å². The maximum absolute atomic E-state index is 12.5. The number of carbonyl (C=O) groups is 1. The minimum Gasteiger partial charge on any atom is -0.496 e. The molecular weight excluding hydrogens is 442 g/mol. The van der Waals surface area contributed by atoms with Crippen LogP contribution < -0.4 is 4.74 Å². The first-order chi connectivity index (χ1) is 9.02. The molecule has 2 rings (SSSR count).